The van der Waals surface area contributed by atoms with Gasteiger partial charge in [-0.05, 0) is 50.0 Å². The fourth-order valence-electron chi connectivity index (χ4n) is 3.03. The van der Waals surface area contributed by atoms with Crippen LogP contribution in [0.2, 0.25) is 0 Å². The molecular formula is C16H21N3O2. The van der Waals surface area contributed by atoms with Crippen molar-refractivity contribution in [2.24, 2.45) is 13.0 Å². The number of benzene rings is 1. The molecule has 0 bridgehead atoms. The molecule has 21 heavy (non-hydrogen) atoms. The highest BCUT2D eigenvalue weighted by molar-refractivity contribution is 5.75. The number of imidazole rings is 1. The summed E-state index contributed by atoms with van der Waals surface area (Å²) in [4.78, 5) is 17.7. The summed E-state index contributed by atoms with van der Waals surface area (Å²) in [6, 6.07) is 6.43. The first-order valence-electron chi connectivity index (χ1n) is 7.48. The monoisotopic (exact) mass is 287 g/mol. The average Bonchev–Trinajstić information content (AvgIpc) is 2.86. The van der Waals surface area contributed by atoms with Gasteiger partial charge in [0.15, 0.2) is 0 Å². The molecule has 1 saturated heterocycles. The summed E-state index contributed by atoms with van der Waals surface area (Å²) < 4.78 is 2.02. The van der Waals surface area contributed by atoms with E-state index in [1.54, 1.807) is 0 Å². The zero-order chi connectivity index (χ0) is 14.8. The third-order valence-corrected chi connectivity index (χ3v) is 4.44. The number of hydrogen-bond acceptors (Lipinski definition) is 3. The van der Waals surface area contributed by atoms with Crippen molar-refractivity contribution in [2.75, 3.05) is 19.6 Å². The Morgan fingerprint density at radius 2 is 2.14 bits per heavy atom. The van der Waals surface area contributed by atoms with Gasteiger partial charge in [0.05, 0.1) is 23.3 Å². The molecule has 112 valence electrons. The molecule has 5 nitrogen and oxygen atoms in total. The Morgan fingerprint density at radius 1 is 1.38 bits per heavy atom. The van der Waals surface area contributed by atoms with E-state index >= 15 is 0 Å². The van der Waals surface area contributed by atoms with E-state index in [0.29, 0.717) is 0 Å². The standard InChI is InChI=1S/C16H21N3O2/c1-18-11-17-14-10-12(2-3-15(14)18)4-7-19-8-5-13(6-9-19)16(20)21/h2-3,10-11,13H,4-9H2,1H3,(H,20,21). The van der Waals surface area contributed by atoms with Gasteiger partial charge in [0.2, 0.25) is 0 Å². The molecule has 0 atom stereocenters. The number of aliphatic carboxylic acids is 1. The van der Waals surface area contributed by atoms with E-state index in [9.17, 15) is 4.79 Å². The lowest BCUT2D eigenvalue weighted by Gasteiger charge is -2.29. The van der Waals surface area contributed by atoms with Crippen LogP contribution in [-0.4, -0.2) is 45.2 Å². The number of carboxylic acids is 1. The van der Waals surface area contributed by atoms with Gasteiger partial charge in [-0.3, -0.25) is 4.79 Å². The Labute approximate surface area is 124 Å². The van der Waals surface area contributed by atoms with Gasteiger partial charge in [-0.25, -0.2) is 4.98 Å². The second-order valence-corrected chi connectivity index (χ2v) is 5.88. The van der Waals surface area contributed by atoms with Crippen LogP contribution in [-0.2, 0) is 18.3 Å². The van der Waals surface area contributed by atoms with Crippen molar-refractivity contribution in [3.63, 3.8) is 0 Å². The van der Waals surface area contributed by atoms with E-state index in [0.717, 1.165) is 49.9 Å². The first-order valence-corrected chi connectivity index (χ1v) is 7.48. The molecule has 2 aromatic rings. The lowest BCUT2D eigenvalue weighted by Crippen LogP contribution is -2.37. The number of piperidine rings is 1. The van der Waals surface area contributed by atoms with Crippen LogP contribution in [0.3, 0.4) is 0 Å². The summed E-state index contributed by atoms with van der Waals surface area (Å²) in [7, 11) is 2.00. The Morgan fingerprint density at radius 3 is 2.86 bits per heavy atom. The van der Waals surface area contributed by atoms with Crippen molar-refractivity contribution in [3.05, 3.63) is 30.1 Å². The molecule has 0 aliphatic carbocycles. The molecule has 0 saturated carbocycles. The SMILES string of the molecule is Cn1cnc2cc(CCN3CCC(C(=O)O)CC3)ccc21. The summed E-state index contributed by atoms with van der Waals surface area (Å²) >= 11 is 0. The molecule has 3 rings (SSSR count). The topological polar surface area (TPSA) is 58.4 Å². The van der Waals surface area contributed by atoms with Crippen LogP contribution in [0.1, 0.15) is 18.4 Å². The van der Waals surface area contributed by atoms with Crippen molar-refractivity contribution in [1.29, 1.82) is 0 Å². The highest BCUT2D eigenvalue weighted by Gasteiger charge is 2.23. The molecule has 0 spiro atoms. The minimum Gasteiger partial charge on any atom is -0.481 e. The molecule has 5 heteroatoms. The summed E-state index contributed by atoms with van der Waals surface area (Å²) in [6.45, 7) is 2.77. The third-order valence-electron chi connectivity index (χ3n) is 4.44. The Kier molecular flexibility index (Phi) is 3.92. The Bertz CT molecular complexity index is 642. The first-order chi connectivity index (χ1) is 10.1. The number of aryl methyl sites for hydroxylation is 1. The number of nitrogens with zero attached hydrogens (tertiary/aromatic N) is 3. The zero-order valence-corrected chi connectivity index (χ0v) is 12.3. The van der Waals surface area contributed by atoms with Gasteiger partial charge in [0, 0.05) is 13.6 Å². The molecule has 1 fully saturated rings. The van der Waals surface area contributed by atoms with Crippen LogP contribution < -0.4 is 0 Å². The summed E-state index contributed by atoms with van der Waals surface area (Å²) in [6.07, 6.45) is 4.37. The zero-order valence-electron chi connectivity index (χ0n) is 12.3. The predicted molar refractivity (Wildman–Crippen MR) is 81.2 cm³/mol. The van der Waals surface area contributed by atoms with Crippen molar-refractivity contribution in [1.82, 2.24) is 14.5 Å². The number of aromatic nitrogens is 2. The lowest BCUT2D eigenvalue weighted by atomic mass is 9.97. The largest absolute Gasteiger partial charge is 0.481 e. The van der Waals surface area contributed by atoms with Gasteiger partial charge in [-0.2, -0.15) is 0 Å². The van der Waals surface area contributed by atoms with E-state index in [1.807, 2.05) is 17.9 Å². The van der Waals surface area contributed by atoms with Gasteiger partial charge in [0.25, 0.3) is 0 Å². The van der Waals surface area contributed by atoms with E-state index in [-0.39, 0.29) is 5.92 Å². The minimum atomic E-state index is -0.643. The van der Waals surface area contributed by atoms with Gasteiger partial charge < -0.3 is 14.6 Å². The minimum absolute atomic E-state index is 0.147. The summed E-state index contributed by atoms with van der Waals surface area (Å²) in [5, 5.41) is 9.01. The highest BCUT2D eigenvalue weighted by atomic mass is 16.4. The van der Waals surface area contributed by atoms with E-state index in [1.165, 1.54) is 5.56 Å². The second kappa shape index (κ2) is 5.85. The second-order valence-electron chi connectivity index (χ2n) is 5.88. The van der Waals surface area contributed by atoms with Crippen LogP contribution in [0, 0.1) is 5.92 Å². The maximum atomic E-state index is 10.9. The number of carboxylic acid groups (broad SMARTS) is 1. The average molecular weight is 287 g/mol. The number of rotatable bonds is 4. The highest BCUT2D eigenvalue weighted by Crippen LogP contribution is 2.18. The van der Waals surface area contributed by atoms with Crippen molar-refractivity contribution >= 4 is 17.0 Å². The van der Waals surface area contributed by atoms with E-state index < -0.39 is 5.97 Å². The fourth-order valence-corrected chi connectivity index (χ4v) is 3.03. The van der Waals surface area contributed by atoms with Gasteiger partial charge >= 0.3 is 5.97 Å². The molecule has 0 amide bonds. The van der Waals surface area contributed by atoms with Crippen LogP contribution >= 0.6 is 0 Å². The van der Waals surface area contributed by atoms with Crippen LogP contribution in [0.5, 0.6) is 0 Å². The smallest absolute Gasteiger partial charge is 0.306 e. The molecular weight excluding hydrogens is 266 g/mol. The summed E-state index contributed by atoms with van der Waals surface area (Å²) in [5.74, 6) is -0.790. The normalized spacial score (nSPS) is 17.4. The quantitative estimate of drug-likeness (QED) is 0.933. The van der Waals surface area contributed by atoms with Crippen molar-refractivity contribution in [3.8, 4) is 0 Å². The number of carbonyl (C=O) groups is 1. The van der Waals surface area contributed by atoms with Crippen LogP contribution in [0.15, 0.2) is 24.5 Å². The fraction of sp³-hybridized carbons (Fsp3) is 0.500. The maximum absolute atomic E-state index is 10.9. The molecule has 1 aliphatic rings. The molecule has 0 unspecified atom stereocenters. The number of likely N-dealkylation sites (tertiary alicyclic amines) is 1. The van der Waals surface area contributed by atoms with Crippen LogP contribution in [0.4, 0.5) is 0 Å². The van der Waals surface area contributed by atoms with Crippen LogP contribution in [0.25, 0.3) is 11.0 Å². The molecule has 0 radical (unpaired) electrons. The van der Waals surface area contributed by atoms with Crippen molar-refractivity contribution < 1.29 is 9.90 Å². The van der Waals surface area contributed by atoms with Gasteiger partial charge in [-0.1, -0.05) is 6.07 Å². The van der Waals surface area contributed by atoms with Crippen molar-refractivity contribution in [2.45, 2.75) is 19.3 Å². The first kappa shape index (κ1) is 14.1. The molecule has 2 heterocycles. The molecule has 1 aliphatic heterocycles. The van der Waals surface area contributed by atoms with E-state index in [2.05, 4.69) is 28.1 Å². The predicted octanol–water partition coefficient (Wildman–Crippen LogP) is 1.91. The number of hydrogen-bond donors (Lipinski definition) is 1. The van der Waals surface area contributed by atoms with Gasteiger partial charge in [-0.15, -0.1) is 0 Å². The molecule has 1 N–H and O–H groups in total. The van der Waals surface area contributed by atoms with Gasteiger partial charge in [0.1, 0.15) is 0 Å². The summed E-state index contributed by atoms with van der Waals surface area (Å²) in [5.41, 5.74) is 3.49. The molecule has 1 aromatic heterocycles. The molecule has 1 aromatic carbocycles. The lowest BCUT2D eigenvalue weighted by molar-refractivity contribution is -0.143. The third kappa shape index (κ3) is 3.08. The maximum Gasteiger partial charge on any atom is 0.306 e. The number of fused-ring (bicyclic) bond motifs is 1. The van der Waals surface area contributed by atoms with E-state index in [4.69, 9.17) is 5.11 Å². The Balaban J connectivity index is 1.56. The Hall–Kier alpha value is -1.88.